The van der Waals surface area contributed by atoms with Crippen molar-refractivity contribution < 1.29 is 17.6 Å². The molecule has 0 radical (unpaired) electrons. The first kappa shape index (κ1) is 19.6. The Morgan fingerprint density at radius 1 is 1.19 bits per heavy atom. The van der Waals surface area contributed by atoms with Gasteiger partial charge < -0.3 is 14.6 Å². The van der Waals surface area contributed by atoms with Crippen LogP contribution in [0.5, 0.6) is 0 Å². The van der Waals surface area contributed by atoms with Crippen LogP contribution in [0.1, 0.15) is 35.9 Å². The molecule has 2 aromatic rings. The second kappa shape index (κ2) is 8.71. The lowest BCUT2D eigenvalue weighted by Crippen LogP contribution is -2.41. The summed E-state index contributed by atoms with van der Waals surface area (Å²) >= 11 is 0. The number of hydrogen-bond donors (Lipinski definition) is 1. The van der Waals surface area contributed by atoms with Crippen molar-refractivity contribution in [3.05, 3.63) is 54.0 Å². The summed E-state index contributed by atoms with van der Waals surface area (Å²) in [6, 6.07) is 9.84. The van der Waals surface area contributed by atoms with Crippen molar-refractivity contribution in [1.29, 1.82) is 0 Å². The summed E-state index contributed by atoms with van der Waals surface area (Å²) in [6.07, 6.45) is 3.27. The highest BCUT2D eigenvalue weighted by atomic mass is 32.2. The summed E-state index contributed by atoms with van der Waals surface area (Å²) in [7, 11) is -3.53. The molecule has 0 bridgehead atoms. The molecule has 6 nitrogen and oxygen atoms in total. The highest BCUT2D eigenvalue weighted by molar-refractivity contribution is 7.90. The molecule has 1 aromatic carbocycles. The largest absolute Gasteiger partial charge is 0.459 e. The van der Waals surface area contributed by atoms with Gasteiger partial charge in [-0.1, -0.05) is 25.1 Å². The monoisotopic (exact) mass is 390 g/mol. The lowest BCUT2D eigenvalue weighted by Gasteiger charge is -2.31. The Balaban J connectivity index is 1.67. The molecule has 1 saturated heterocycles. The lowest BCUT2D eigenvalue weighted by molar-refractivity contribution is 0.0657. The van der Waals surface area contributed by atoms with Crippen molar-refractivity contribution in [2.24, 2.45) is 5.92 Å². The summed E-state index contributed by atoms with van der Waals surface area (Å²) in [6.45, 7) is 5.34. The minimum atomic E-state index is -3.53. The van der Waals surface area contributed by atoms with Crippen LogP contribution >= 0.6 is 0 Å². The Morgan fingerprint density at radius 2 is 1.89 bits per heavy atom. The van der Waals surface area contributed by atoms with Crippen molar-refractivity contribution in [3.8, 4) is 0 Å². The van der Waals surface area contributed by atoms with Crippen LogP contribution in [0.15, 0.2) is 52.0 Å². The molecular weight excluding hydrogens is 364 g/mol. The van der Waals surface area contributed by atoms with E-state index in [9.17, 15) is 13.2 Å². The van der Waals surface area contributed by atoms with E-state index in [1.807, 2.05) is 0 Å². The van der Waals surface area contributed by atoms with E-state index in [1.165, 1.54) is 6.26 Å². The van der Waals surface area contributed by atoms with E-state index in [0.29, 0.717) is 24.6 Å². The number of likely N-dealkylation sites (tertiary alicyclic amines) is 1. The third-order valence-electron chi connectivity index (χ3n) is 4.97. The second-order valence-electron chi connectivity index (χ2n) is 6.89. The number of furan rings is 1. The fraction of sp³-hybridized carbons (Fsp3) is 0.450. The van der Waals surface area contributed by atoms with Gasteiger partial charge in [0.1, 0.15) is 0 Å². The molecule has 3 rings (SSSR count). The van der Waals surface area contributed by atoms with Crippen LogP contribution in [-0.4, -0.2) is 45.4 Å². The summed E-state index contributed by atoms with van der Waals surface area (Å²) in [5.74, 6) is 0.245. The zero-order valence-corrected chi connectivity index (χ0v) is 16.4. The first-order valence-corrected chi connectivity index (χ1v) is 11.0. The minimum absolute atomic E-state index is 0.139. The average molecular weight is 391 g/mol. The topological polar surface area (TPSA) is 79.6 Å². The zero-order valence-electron chi connectivity index (χ0n) is 15.6. The van der Waals surface area contributed by atoms with Gasteiger partial charge in [-0.15, -0.1) is 0 Å². The molecule has 0 spiro atoms. The molecular formula is C20H26N2O4S. The van der Waals surface area contributed by atoms with E-state index >= 15 is 0 Å². The third-order valence-corrected chi connectivity index (χ3v) is 6.66. The summed E-state index contributed by atoms with van der Waals surface area (Å²) in [4.78, 5) is 14.9. The number of nitrogens with one attached hydrogen (secondary N) is 1. The maximum atomic E-state index is 12.8. The van der Waals surface area contributed by atoms with Crippen LogP contribution in [0.4, 0.5) is 0 Å². The number of benzene rings is 1. The molecule has 146 valence electrons. The number of piperidine rings is 1. The van der Waals surface area contributed by atoms with Gasteiger partial charge in [-0.05, 0) is 50.0 Å². The van der Waals surface area contributed by atoms with Gasteiger partial charge in [0, 0.05) is 18.7 Å². The molecule has 1 N–H and O–H groups in total. The molecule has 0 aliphatic carbocycles. The highest BCUT2D eigenvalue weighted by Crippen LogP contribution is 2.23. The van der Waals surface area contributed by atoms with Crippen molar-refractivity contribution in [2.45, 2.75) is 30.4 Å². The van der Waals surface area contributed by atoms with Gasteiger partial charge in [-0.3, -0.25) is 4.79 Å². The molecule has 1 aliphatic rings. The summed E-state index contributed by atoms with van der Waals surface area (Å²) in [5.41, 5.74) is 0.415. The van der Waals surface area contributed by atoms with Crippen molar-refractivity contribution in [1.82, 2.24) is 10.2 Å². The van der Waals surface area contributed by atoms with Gasteiger partial charge >= 0.3 is 0 Å². The van der Waals surface area contributed by atoms with Gasteiger partial charge in [0.05, 0.1) is 16.9 Å². The Labute approximate surface area is 160 Å². The maximum absolute atomic E-state index is 12.8. The molecule has 0 atom stereocenters. The van der Waals surface area contributed by atoms with E-state index in [-0.39, 0.29) is 22.3 Å². The average Bonchev–Trinajstić information content (AvgIpc) is 3.14. The van der Waals surface area contributed by atoms with Gasteiger partial charge in [-0.2, -0.15) is 0 Å². The highest BCUT2D eigenvalue weighted by Gasteiger charge is 2.28. The van der Waals surface area contributed by atoms with Crippen LogP contribution in [0.3, 0.4) is 0 Å². The second-order valence-corrected chi connectivity index (χ2v) is 8.88. The van der Waals surface area contributed by atoms with Gasteiger partial charge in [-0.25, -0.2) is 8.42 Å². The number of sulfone groups is 1. The van der Waals surface area contributed by atoms with Crippen molar-refractivity contribution >= 4 is 15.7 Å². The number of carbonyl (C=O) groups is 1. The fourth-order valence-corrected chi connectivity index (χ4v) is 4.76. The zero-order chi connectivity index (χ0) is 19.3. The van der Waals surface area contributed by atoms with Crippen LogP contribution < -0.4 is 5.32 Å². The van der Waals surface area contributed by atoms with E-state index in [4.69, 9.17) is 4.42 Å². The predicted molar refractivity (Wildman–Crippen MR) is 103 cm³/mol. The number of nitrogens with zero attached hydrogens (tertiary/aromatic N) is 1. The van der Waals surface area contributed by atoms with E-state index in [1.54, 1.807) is 41.3 Å². The van der Waals surface area contributed by atoms with Crippen LogP contribution in [0, 0.1) is 5.92 Å². The van der Waals surface area contributed by atoms with Gasteiger partial charge in [0.25, 0.3) is 5.91 Å². The maximum Gasteiger partial charge on any atom is 0.289 e. The summed E-state index contributed by atoms with van der Waals surface area (Å²) < 4.78 is 30.6. The van der Waals surface area contributed by atoms with E-state index in [2.05, 4.69) is 12.2 Å². The molecule has 1 aromatic heterocycles. The van der Waals surface area contributed by atoms with E-state index < -0.39 is 9.84 Å². The van der Waals surface area contributed by atoms with Gasteiger partial charge in [0.2, 0.25) is 0 Å². The van der Waals surface area contributed by atoms with Gasteiger partial charge in [0.15, 0.2) is 15.6 Å². The van der Waals surface area contributed by atoms with Crippen LogP contribution in [0.25, 0.3) is 0 Å². The SMILES string of the molecule is CCNCC1CCN(C(=O)c2occc2CS(=O)(=O)c2ccccc2)CC1. The standard InChI is InChI=1S/C20H26N2O4S/c1-2-21-14-16-8-11-22(12-9-16)20(23)19-17(10-13-26-19)15-27(24,25)18-6-4-3-5-7-18/h3-7,10,13,16,21H,2,8-9,11-12,14-15H2,1H3. The summed E-state index contributed by atoms with van der Waals surface area (Å²) in [5, 5.41) is 3.35. The van der Waals surface area contributed by atoms with Crippen LogP contribution in [-0.2, 0) is 15.6 Å². The Hall–Kier alpha value is -2.12. The first-order valence-electron chi connectivity index (χ1n) is 9.35. The number of hydrogen-bond acceptors (Lipinski definition) is 5. The number of carbonyl (C=O) groups excluding carboxylic acids is 1. The predicted octanol–water partition coefficient (Wildman–Crippen LogP) is 2.72. The van der Waals surface area contributed by atoms with Crippen LogP contribution in [0.2, 0.25) is 0 Å². The van der Waals surface area contributed by atoms with Crippen molar-refractivity contribution in [3.63, 3.8) is 0 Å². The lowest BCUT2D eigenvalue weighted by atomic mass is 9.96. The molecule has 0 saturated carbocycles. The molecule has 1 amide bonds. The third kappa shape index (κ3) is 4.78. The molecule has 2 heterocycles. The number of amides is 1. The Morgan fingerprint density at radius 3 is 2.56 bits per heavy atom. The van der Waals surface area contributed by atoms with E-state index in [0.717, 1.165) is 25.9 Å². The smallest absolute Gasteiger partial charge is 0.289 e. The molecule has 7 heteroatoms. The quantitative estimate of drug-likeness (QED) is 0.786. The molecule has 1 fully saturated rings. The normalized spacial score (nSPS) is 15.8. The minimum Gasteiger partial charge on any atom is -0.459 e. The first-order chi connectivity index (χ1) is 13.0. The molecule has 27 heavy (non-hydrogen) atoms. The van der Waals surface area contributed by atoms with Crippen molar-refractivity contribution in [2.75, 3.05) is 26.2 Å². The fourth-order valence-electron chi connectivity index (χ4n) is 3.39. The Kier molecular flexibility index (Phi) is 6.34. The molecule has 1 aliphatic heterocycles. The molecule has 0 unspecified atom stereocenters. The number of rotatable bonds is 7. The Bertz CT molecular complexity index is 853.